The van der Waals surface area contributed by atoms with Crippen LogP contribution < -0.4 is 16.0 Å². The molecule has 0 fully saturated rings. The van der Waals surface area contributed by atoms with Gasteiger partial charge in [-0.25, -0.2) is 5.84 Å². The number of carbonyl (C=O) groups is 1. The molecule has 0 radical (unpaired) electrons. The normalized spacial score (nSPS) is 9.12. The van der Waals surface area contributed by atoms with Crippen molar-refractivity contribution in [2.45, 2.75) is 6.42 Å². The van der Waals surface area contributed by atoms with Crippen molar-refractivity contribution in [3.8, 4) is 17.6 Å². The number of benzene rings is 1. The van der Waals surface area contributed by atoms with Gasteiger partial charge >= 0.3 is 0 Å². The predicted octanol–water partition coefficient (Wildman–Crippen LogP) is 0.0326. The van der Waals surface area contributed by atoms with Gasteiger partial charge in [-0.1, -0.05) is 11.8 Å². The number of carbonyl (C=O) groups excluding carboxylic acids is 1. The van der Waals surface area contributed by atoms with E-state index in [1.807, 2.05) is 0 Å². The standard InChI is InChI=1S/C12H14N2O3/c1-17-10-6-5-9(4-2-3-7-15)11(8-10)12(16)14-13/h5-6,8,15H,3,7,13H2,1H3,(H,14,16). The van der Waals surface area contributed by atoms with Crippen molar-refractivity contribution in [2.75, 3.05) is 13.7 Å². The van der Waals surface area contributed by atoms with Gasteiger partial charge in [-0.05, 0) is 18.2 Å². The number of hydrogen-bond acceptors (Lipinski definition) is 4. The van der Waals surface area contributed by atoms with Crippen LogP contribution in [0.3, 0.4) is 0 Å². The highest BCUT2D eigenvalue weighted by Gasteiger charge is 2.10. The number of hydrazine groups is 1. The molecular weight excluding hydrogens is 220 g/mol. The summed E-state index contributed by atoms with van der Waals surface area (Å²) < 4.78 is 5.02. The van der Waals surface area contributed by atoms with Gasteiger partial charge in [-0.3, -0.25) is 10.2 Å². The molecule has 1 amide bonds. The number of methoxy groups -OCH3 is 1. The second kappa shape index (κ2) is 6.53. The Morgan fingerprint density at radius 1 is 1.59 bits per heavy atom. The molecule has 0 atom stereocenters. The number of aliphatic hydroxyl groups is 1. The minimum absolute atomic E-state index is 0.0123. The molecule has 1 aromatic rings. The molecule has 0 saturated carbocycles. The van der Waals surface area contributed by atoms with E-state index in [1.54, 1.807) is 18.2 Å². The van der Waals surface area contributed by atoms with E-state index in [9.17, 15) is 4.79 Å². The third-order valence-corrected chi connectivity index (χ3v) is 2.06. The van der Waals surface area contributed by atoms with Crippen LogP contribution >= 0.6 is 0 Å². The number of rotatable bonds is 3. The van der Waals surface area contributed by atoms with Gasteiger partial charge in [0.25, 0.3) is 5.91 Å². The van der Waals surface area contributed by atoms with E-state index in [2.05, 4.69) is 17.3 Å². The summed E-state index contributed by atoms with van der Waals surface area (Å²) in [7, 11) is 1.51. The van der Waals surface area contributed by atoms with Crippen LogP contribution in [0.2, 0.25) is 0 Å². The molecule has 5 nitrogen and oxygen atoms in total. The van der Waals surface area contributed by atoms with Crippen molar-refractivity contribution in [3.05, 3.63) is 29.3 Å². The SMILES string of the molecule is COc1ccc(C#CCCO)c(C(=O)NN)c1. The lowest BCUT2D eigenvalue weighted by atomic mass is 10.1. The number of amides is 1. The Balaban J connectivity index is 3.12. The molecule has 0 bridgehead atoms. The number of nitrogen functional groups attached to an aromatic ring is 1. The first-order valence-corrected chi connectivity index (χ1v) is 5.01. The molecule has 0 aliphatic heterocycles. The molecular formula is C12H14N2O3. The van der Waals surface area contributed by atoms with Crippen molar-refractivity contribution in [1.82, 2.24) is 5.43 Å². The first-order valence-electron chi connectivity index (χ1n) is 5.01. The number of nitrogens with two attached hydrogens (primary N) is 1. The van der Waals surface area contributed by atoms with Gasteiger partial charge in [0.15, 0.2) is 0 Å². The topological polar surface area (TPSA) is 84.6 Å². The first kappa shape index (κ1) is 13.0. The Kier molecular flexibility index (Phi) is 5.01. The van der Waals surface area contributed by atoms with E-state index in [-0.39, 0.29) is 6.61 Å². The van der Waals surface area contributed by atoms with Gasteiger partial charge < -0.3 is 9.84 Å². The molecule has 17 heavy (non-hydrogen) atoms. The van der Waals surface area contributed by atoms with Crippen LogP contribution in [0.1, 0.15) is 22.3 Å². The Morgan fingerprint density at radius 3 is 2.94 bits per heavy atom. The third-order valence-electron chi connectivity index (χ3n) is 2.06. The second-order valence-electron chi connectivity index (χ2n) is 3.16. The molecule has 0 spiro atoms. The fraction of sp³-hybridized carbons (Fsp3) is 0.250. The number of nitrogens with one attached hydrogen (secondary N) is 1. The van der Waals surface area contributed by atoms with Crippen LogP contribution in [0.4, 0.5) is 0 Å². The molecule has 4 N–H and O–H groups in total. The Hall–Kier alpha value is -2.03. The zero-order valence-corrected chi connectivity index (χ0v) is 9.49. The summed E-state index contributed by atoms with van der Waals surface area (Å²) in [5.41, 5.74) is 2.94. The second-order valence-corrected chi connectivity index (χ2v) is 3.16. The molecule has 1 rings (SSSR count). The summed E-state index contributed by atoms with van der Waals surface area (Å²) in [4.78, 5) is 11.5. The zero-order valence-electron chi connectivity index (χ0n) is 9.49. The van der Waals surface area contributed by atoms with Gasteiger partial charge in [0, 0.05) is 12.0 Å². The van der Waals surface area contributed by atoms with E-state index in [1.165, 1.54) is 7.11 Å². The molecule has 0 aliphatic carbocycles. The smallest absolute Gasteiger partial charge is 0.266 e. The Labute approximate surface area is 99.5 Å². The lowest BCUT2D eigenvalue weighted by Crippen LogP contribution is -2.30. The number of aliphatic hydroxyl groups excluding tert-OH is 1. The average Bonchev–Trinajstić information content (AvgIpc) is 2.38. The van der Waals surface area contributed by atoms with Gasteiger partial charge in [0.1, 0.15) is 5.75 Å². The van der Waals surface area contributed by atoms with Gasteiger partial charge in [0.05, 0.1) is 19.3 Å². The fourth-order valence-corrected chi connectivity index (χ4v) is 1.24. The highest BCUT2D eigenvalue weighted by atomic mass is 16.5. The Bertz CT molecular complexity index is 461. The zero-order chi connectivity index (χ0) is 12.7. The predicted molar refractivity (Wildman–Crippen MR) is 63.2 cm³/mol. The fourth-order valence-electron chi connectivity index (χ4n) is 1.24. The van der Waals surface area contributed by atoms with Crippen molar-refractivity contribution >= 4 is 5.91 Å². The van der Waals surface area contributed by atoms with Crippen LogP contribution in [0.15, 0.2) is 18.2 Å². The summed E-state index contributed by atoms with van der Waals surface area (Å²) in [6, 6.07) is 4.94. The van der Waals surface area contributed by atoms with Crippen molar-refractivity contribution in [2.24, 2.45) is 5.84 Å². The van der Waals surface area contributed by atoms with Crippen LogP contribution in [-0.2, 0) is 0 Å². The molecule has 90 valence electrons. The number of ether oxygens (including phenoxy) is 1. The molecule has 0 aromatic heterocycles. The van der Waals surface area contributed by atoms with Gasteiger partial charge in [-0.2, -0.15) is 0 Å². The monoisotopic (exact) mass is 234 g/mol. The van der Waals surface area contributed by atoms with Gasteiger partial charge in [-0.15, -0.1) is 0 Å². The minimum atomic E-state index is -0.433. The van der Waals surface area contributed by atoms with Crippen LogP contribution in [0.5, 0.6) is 5.75 Å². The van der Waals surface area contributed by atoms with Crippen LogP contribution in [0.25, 0.3) is 0 Å². The summed E-state index contributed by atoms with van der Waals surface area (Å²) in [5, 5.41) is 8.63. The maximum Gasteiger partial charge on any atom is 0.266 e. The van der Waals surface area contributed by atoms with Crippen molar-refractivity contribution in [3.63, 3.8) is 0 Å². The summed E-state index contributed by atoms with van der Waals surface area (Å²) in [6.45, 7) is -0.0123. The lowest BCUT2D eigenvalue weighted by Gasteiger charge is -2.05. The molecule has 5 heteroatoms. The molecule has 0 heterocycles. The van der Waals surface area contributed by atoms with E-state index in [0.717, 1.165) is 0 Å². The maximum absolute atomic E-state index is 11.5. The molecule has 0 aliphatic rings. The van der Waals surface area contributed by atoms with Crippen LogP contribution in [0, 0.1) is 11.8 Å². The lowest BCUT2D eigenvalue weighted by molar-refractivity contribution is 0.0953. The highest BCUT2D eigenvalue weighted by molar-refractivity contribution is 5.96. The molecule has 0 unspecified atom stereocenters. The van der Waals surface area contributed by atoms with Crippen molar-refractivity contribution < 1.29 is 14.6 Å². The largest absolute Gasteiger partial charge is 0.497 e. The molecule has 0 saturated heterocycles. The van der Waals surface area contributed by atoms with Crippen molar-refractivity contribution in [1.29, 1.82) is 0 Å². The van der Waals surface area contributed by atoms with E-state index < -0.39 is 5.91 Å². The minimum Gasteiger partial charge on any atom is -0.497 e. The van der Waals surface area contributed by atoms with E-state index in [0.29, 0.717) is 23.3 Å². The quantitative estimate of drug-likeness (QED) is 0.298. The summed E-state index contributed by atoms with van der Waals surface area (Å²) >= 11 is 0. The van der Waals surface area contributed by atoms with E-state index >= 15 is 0 Å². The maximum atomic E-state index is 11.5. The Morgan fingerprint density at radius 2 is 2.35 bits per heavy atom. The molecule has 1 aromatic carbocycles. The summed E-state index contributed by atoms with van der Waals surface area (Å²) in [6.07, 6.45) is 0.357. The summed E-state index contributed by atoms with van der Waals surface area (Å²) in [5.74, 6) is 10.8. The third kappa shape index (κ3) is 3.48. The van der Waals surface area contributed by atoms with Crippen LogP contribution in [-0.4, -0.2) is 24.7 Å². The van der Waals surface area contributed by atoms with E-state index in [4.69, 9.17) is 15.7 Å². The first-order chi connectivity index (χ1) is 8.22. The average molecular weight is 234 g/mol. The van der Waals surface area contributed by atoms with Gasteiger partial charge in [0.2, 0.25) is 0 Å². The number of hydrogen-bond donors (Lipinski definition) is 3. The highest BCUT2D eigenvalue weighted by Crippen LogP contribution is 2.16.